The first-order chi connectivity index (χ1) is 12.8. The Kier molecular flexibility index (Phi) is 6.70. The van der Waals surface area contributed by atoms with Gasteiger partial charge in [0.15, 0.2) is 0 Å². The maximum atomic E-state index is 13.5. The SMILES string of the molecule is CNS(=O)(=O)c1cc(/C=C/C(=O)NCc2ccc(C)c(F)c2)ccc1OC. The van der Waals surface area contributed by atoms with Gasteiger partial charge in [0.25, 0.3) is 0 Å². The summed E-state index contributed by atoms with van der Waals surface area (Å²) in [5, 5.41) is 2.65. The fourth-order valence-electron chi connectivity index (χ4n) is 2.28. The summed E-state index contributed by atoms with van der Waals surface area (Å²) in [5.74, 6) is -0.508. The van der Waals surface area contributed by atoms with Crippen LogP contribution in [0.15, 0.2) is 47.4 Å². The lowest BCUT2D eigenvalue weighted by molar-refractivity contribution is -0.116. The van der Waals surface area contributed by atoms with Crippen LogP contribution in [0.4, 0.5) is 4.39 Å². The maximum absolute atomic E-state index is 13.5. The molecule has 0 aliphatic rings. The second kappa shape index (κ2) is 8.79. The van der Waals surface area contributed by atoms with Crippen LogP contribution in [0.2, 0.25) is 0 Å². The summed E-state index contributed by atoms with van der Waals surface area (Å²) in [6, 6.07) is 9.31. The number of sulfonamides is 1. The Labute approximate surface area is 158 Å². The molecule has 0 atom stereocenters. The molecular formula is C19H21FN2O4S. The zero-order valence-electron chi connectivity index (χ0n) is 15.2. The zero-order chi connectivity index (χ0) is 20.0. The van der Waals surface area contributed by atoms with Gasteiger partial charge in [-0.3, -0.25) is 4.79 Å². The molecular weight excluding hydrogens is 371 g/mol. The molecule has 0 saturated heterocycles. The Hall–Kier alpha value is -2.71. The summed E-state index contributed by atoms with van der Waals surface area (Å²) in [6.45, 7) is 1.85. The Balaban J connectivity index is 2.09. The minimum atomic E-state index is -3.70. The van der Waals surface area contributed by atoms with E-state index in [1.165, 1.54) is 44.5 Å². The third-order valence-electron chi connectivity index (χ3n) is 3.88. The molecule has 2 N–H and O–H groups in total. The first-order valence-corrected chi connectivity index (χ1v) is 9.57. The number of halogens is 1. The Morgan fingerprint density at radius 2 is 1.96 bits per heavy atom. The molecule has 6 nitrogen and oxygen atoms in total. The van der Waals surface area contributed by atoms with Crippen molar-refractivity contribution in [2.24, 2.45) is 0 Å². The van der Waals surface area contributed by atoms with Crippen LogP contribution >= 0.6 is 0 Å². The van der Waals surface area contributed by atoms with Crippen molar-refractivity contribution in [2.75, 3.05) is 14.2 Å². The molecule has 0 fully saturated rings. The molecule has 0 aliphatic carbocycles. The number of hydrogen-bond acceptors (Lipinski definition) is 4. The summed E-state index contributed by atoms with van der Waals surface area (Å²) in [4.78, 5) is 11.9. The number of aryl methyl sites for hydroxylation is 1. The summed E-state index contributed by atoms with van der Waals surface area (Å²) < 4.78 is 44.9. The summed E-state index contributed by atoms with van der Waals surface area (Å²) in [6.07, 6.45) is 2.77. The largest absolute Gasteiger partial charge is 0.495 e. The molecule has 0 radical (unpaired) electrons. The van der Waals surface area contributed by atoms with Gasteiger partial charge in [0, 0.05) is 12.6 Å². The number of ether oxygens (including phenoxy) is 1. The summed E-state index contributed by atoms with van der Waals surface area (Å²) >= 11 is 0. The van der Waals surface area contributed by atoms with Crippen molar-refractivity contribution >= 4 is 22.0 Å². The number of methoxy groups -OCH3 is 1. The first kappa shape index (κ1) is 20.6. The van der Waals surface area contributed by atoms with Gasteiger partial charge in [0.1, 0.15) is 16.5 Å². The smallest absolute Gasteiger partial charge is 0.244 e. The van der Waals surface area contributed by atoms with Crippen molar-refractivity contribution in [1.82, 2.24) is 10.0 Å². The van der Waals surface area contributed by atoms with E-state index in [-0.39, 0.29) is 28.9 Å². The van der Waals surface area contributed by atoms with Crippen LogP contribution in [0.5, 0.6) is 5.75 Å². The summed E-state index contributed by atoms with van der Waals surface area (Å²) in [7, 11) is -1.02. The fourth-order valence-corrected chi connectivity index (χ4v) is 3.21. The molecule has 0 bridgehead atoms. The third-order valence-corrected chi connectivity index (χ3v) is 5.31. The predicted molar refractivity (Wildman–Crippen MR) is 101 cm³/mol. The highest BCUT2D eigenvalue weighted by molar-refractivity contribution is 7.89. The van der Waals surface area contributed by atoms with Gasteiger partial charge in [-0.2, -0.15) is 0 Å². The number of amides is 1. The van der Waals surface area contributed by atoms with Gasteiger partial charge in [0.05, 0.1) is 7.11 Å². The second-order valence-corrected chi connectivity index (χ2v) is 7.61. The number of carbonyl (C=O) groups is 1. The van der Waals surface area contributed by atoms with E-state index in [1.807, 2.05) is 0 Å². The zero-order valence-corrected chi connectivity index (χ0v) is 16.1. The van der Waals surface area contributed by atoms with Crippen LogP contribution < -0.4 is 14.8 Å². The van der Waals surface area contributed by atoms with E-state index in [9.17, 15) is 17.6 Å². The minimum Gasteiger partial charge on any atom is -0.495 e. The van der Waals surface area contributed by atoms with E-state index >= 15 is 0 Å². The molecule has 144 valence electrons. The average Bonchev–Trinajstić information content (AvgIpc) is 2.67. The van der Waals surface area contributed by atoms with E-state index < -0.39 is 10.0 Å². The molecule has 2 rings (SSSR count). The van der Waals surface area contributed by atoms with Crippen LogP contribution in [-0.2, 0) is 21.4 Å². The van der Waals surface area contributed by atoms with Crippen LogP contribution in [0.25, 0.3) is 6.08 Å². The fraction of sp³-hybridized carbons (Fsp3) is 0.211. The van der Waals surface area contributed by atoms with Gasteiger partial charge in [-0.05, 0) is 54.9 Å². The minimum absolute atomic E-state index is 0.0230. The van der Waals surface area contributed by atoms with Crippen LogP contribution in [0.3, 0.4) is 0 Å². The van der Waals surface area contributed by atoms with Gasteiger partial charge in [0.2, 0.25) is 15.9 Å². The van der Waals surface area contributed by atoms with Crippen molar-refractivity contribution in [3.63, 3.8) is 0 Å². The van der Waals surface area contributed by atoms with Gasteiger partial charge in [-0.25, -0.2) is 17.5 Å². The number of hydrogen-bond donors (Lipinski definition) is 2. The van der Waals surface area contributed by atoms with Gasteiger partial charge in [-0.15, -0.1) is 0 Å². The topological polar surface area (TPSA) is 84.5 Å². The lowest BCUT2D eigenvalue weighted by atomic mass is 10.1. The van der Waals surface area contributed by atoms with Crippen LogP contribution in [-0.4, -0.2) is 28.5 Å². The monoisotopic (exact) mass is 392 g/mol. The number of rotatable bonds is 7. The maximum Gasteiger partial charge on any atom is 0.244 e. The Morgan fingerprint density at radius 1 is 1.22 bits per heavy atom. The highest BCUT2D eigenvalue weighted by atomic mass is 32.2. The standard InChI is InChI=1S/C19H21FN2O4S/c1-13-4-5-15(10-16(13)20)12-22-19(23)9-7-14-6-8-17(26-3)18(11-14)27(24,25)21-2/h4-11,21H,12H2,1-3H3,(H,22,23)/b9-7+. The molecule has 0 aromatic heterocycles. The molecule has 2 aromatic rings. The molecule has 0 unspecified atom stereocenters. The normalized spacial score (nSPS) is 11.6. The molecule has 0 aliphatic heterocycles. The van der Waals surface area contributed by atoms with Gasteiger partial charge >= 0.3 is 0 Å². The van der Waals surface area contributed by atoms with Crippen LogP contribution in [0, 0.1) is 12.7 Å². The number of nitrogens with one attached hydrogen (secondary N) is 2. The van der Waals surface area contributed by atoms with Crippen molar-refractivity contribution in [3.05, 3.63) is 65.0 Å². The highest BCUT2D eigenvalue weighted by Gasteiger charge is 2.17. The van der Waals surface area contributed by atoms with Gasteiger partial charge in [-0.1, -0.05) is 18.2 Å². The Morgan fingerprint density at radius 3 is 2.59 bits per heavy atom. The predicted octanol–water partition coefficient (Wildman–Crippen LogP) is 2.38. The highest BCUT2D eigenvalue weighted by Crippen LogP contribution is 2.25. The molecule has 27 heavy (non-hydrogen) atoms. The lowest BCUT2D eigenvalue weighted by Gasteiger charge is -2.09. The molecule has 0 saturated carbocycles. The first-order valence-electron chi connectivity index (χ1n) is 8.09. The Bertz CT molecular complexity index is 972. The van der Waals surface area contributed by atoms with E-state index in [1.54, 1.807) is 25.1 Å². The van der Waals surface area contributed by atoms with Gasteiger partial charge < -0.3 is 10.1 Å². The molecule has 0 heterocycles. The number of carbonyl (C=O) groups excluding carboxylic acids is 1. The molecule has 2 aromatic carbocycles. The van der Waals surface area contributed by atoms with E-state index in [0.29, 0.717) is 16.7 Å². The van der Waals surface area contributed by atoms with E-state index in [2.05, 4.69) is 10.0 Å². The molecule has 1 amide bonds. The molecule has 0 spiro atoms. The average molecular weight is 392 g/mol. The van der Waals surface area contributed by atoms with Crippen molar-refractivity contribution in [3.8, 4) is 5.75 Å². The molecule has 8 heteroatoms. The quantitative estimate of drug-likeness (QED) is 0.709. The number of benzene rings is 2. The third kappa shape index (κ3) is 5.38. The van der Waals surface area contributed by atoms with Crippen LogP contribution in [0.1, 0.15) is 16.7 Å². The lowest BCUT2D eigenvalue weighted by Crippen LogP contribution is -2.20. The van der Waals surface area contributed by atoms with Crippen molar-refractivity contribution in [2.45, 2.75) is 18.4 Å². The van der Waals surface area contributed by atoms with E-state index in [4.69, 9.17) is 4.74 Å². The van der Waals surface area contributed by atoms with E-state index in [0.717, 1.165) is 0 Å². The summed E-state index contributed by atoms with van der Waals surface area (Å²) in [5.41, 5.74) is 1.70. The van der Waals surface area contributed by atoms with Crippen molar-refractivity contribution in [1.29, 1.82) is 0 Å². The second-order valence-electron chi connectivity index (χ2n) is 5.75. The van der Waals surface area contributed by atoms with Crippen molar-refractivity contribution < 1.29 is 22.3 Å².